The molecule has 3 aromatic carbocycles. The Balaban J connectivity index is 1.82. The van der Waals surface area contributed by atoms with E-state index >= 15 is 4.57 Å². The van der Waals surface area contributed by atoms with E-state index in [1.165, 1.54) is 11.1 Å². The van der Waals surface area contributed by atoms with E-state index in [0.717, 1.165) is 46.3 Å². The minimum Gasteiger partial charge on any atom is -0.309 e. The number of hydrogen-bond donors (Lipinski definition) is 0. The second-order valence-electron chi connectivity index (χ2n) is 7.47. The fourth-order valence-corrected chi connectivity index (χ4v) is 8.45. The molecule has 0 radical (unpaired) electrons. The Kier molecular flexibility index (Phi) is 4.79. The SMILES string of the molecule is O=P1(c2ccccc2)C(c2ccc(Cl)cc2)=C2CCCC2=C1c1ccc(Cl)cc1. The molecule has 0 saturated heterocycles. The van der Waals surface area contributed by atoms with Crippen molar-refractivity contribution >= 4 is 46.3 Å². The van der Waals surface area contributed by atoms with Crippen molar-refractivity contribution in [3.63, 3.8) is 0 Å². The molecule has 0 spiro atoms. The molecule has 1 nitrogen and oxygen atoms in total. The molecular formula is C25H19Cl2OP. The van der Waals surface area contributed by atoms with E-state index in [9.17, 15) is 0 Å². The van der Waals surface area contributed by atoms with Gasteiger partial charge in [-0.2, -0.15) is 0 Å². The van der Waals surface area contributed by atoms with Crippen LogP contribution in [0.15, 0.2) is 90.0 Å². The summed E-state index contributed by atoms with van der Waals surface area (Å²) in [4.78, 5) is 0. The summed E-state index contributed by atoms with van der Waals surface area (Å²) in [5.74, 6) is 0. The lowest BCUT2D eigenvalue weighted by Crippen LogP contribution is -2.06. The minimum atomic E-state index is -3.02. The predicted octanol–water partition coefficient (Wildman–Crippen LogP) is 8.00. The van der Waals surface area contributed by atoms with E-state index < -0.39 is 7.14 Å². The van der Waals surface area contributed by atoms with Gasteiger partial charge in [0.05, 0.1) is 0 Å². The quantitative estimate of drug-likeness (QED) is 0.380. The van der Waals surface area contributed by atoms with E-state index in [0.29, 0.717) is 10.0 Å². The molecule has 0 unspecified atom stereocenters. The van der Waals surface area contributed by atoms with Gasteiger partial charge in [0, 0.05) is 26.0 Å². The van der Waals surface area contributed by atoms with E-state index in [2.05, 4.69) is 0 Å². The largest absolute Gasteiger partial charge is 0.309 e. The average Bonchev–Trinajstić information content (AvgIpc) is 3.29. The van der Waals surface area contributed by atoms with Gasteiger partial charge in [0.25, 0.3) is 0 Å². The summed E-state index contributed by atoms with van der Waals surface area (Å²) in [7, 11) is -3.02. The highest BCUT2D eigenvalue weighted by Gasteiger charge is 2.46. The minimum absolute atomic E-state index is 0.685. The third-order valence-corrected chi connectivity index (χ3v) is 9.62. The van der Waals surface area contributed by atoms with Crippen LogP contribution in [0.4, 0.5) is 0 Å². The zero-order valence-electron chi connectivity index (χ0n) is 15.7. The highest BCUT2D eigenvalue weighted by molar-refractivity contribution is 7.90. The smallest absolute Gasteiger partial charge is 0.172 e. The van der Waals surface area contributed by atoms with Gasteiger partial charge in [0.2, 0.25) is 0 Å². The Labute approximate surface area is 181 Å². The Bertz CT molecular complexity index is 1120. The van der Waals surface area contributed by atoms with Crippen molar-refractivity contribution in [2.45, 2.75) is 19.3 Å². The lowest BCUT2D eigenvalue weighted by molar-refractivity contribution is 0.593. The lowest BCUT2D eigenvalue weighted by Gasteiger charge is -2.23. The van der Waals surface area contributed by atoms with Crippen molar-refractivity contribution in [1.29, 1.82) is 0 Å². The van der Waals surface area contributed by atoms with Crippen LogP contribution in [0, 0.1) is 0 Å². The molecular weight excluding hydrogens is 418 g/mol. The van der Waals surface area contributed by atoms with Crippen LogP contribution < -0.4 is 5.30 Å². The molecule has 3 aromatic rings. The molecule has 0 bridgehead atoms. The summed E-state index contributed by atoms with van der Waals surface area (Å²) in [6, 6.07) is 25.4. The maximum absolute atomic E-state index is 15.1. The zero-order valence-corrected chi connectivity index (χ0v) is 18.1. The first-order chi connectivity index (χ1) is 14.1. The molecule has 144 valence electrons. The molecule has 1 heterocycles. The highest BCUT2D eigenvalue weighted by Crippen LogP contribution is 2.75. The van der Waals surface area contributed by atoms with Gasteiger partial charge in [-0.1, -0.05) is 77.8 Å². The molecule has 0 N–H and O–H groups in total. The zero-order chi connectivity index (χ0) is 20.0. The van der Waals surface area contributed by atoms with Gasteiger partial charge in [0.1, 0.15) is 0 Å². The maximum Gasteiger partial charge on any atom is 0.172 e. The van der Waals surface area contributed by atoms with Crippen LogP contribution in [0.3, 0.4) is 0 Å². The summed E-state index contributed by atoms with van der Waals surface area (Å²) in [6.07, 6.45) is 3.01. The highest BCUT2D eigenvalue weighted by atomic mass is 35.5. The van der Waals surface area contributed by atoms with E-state index in [4.69, 9.17) is 23.2 Å². The average molecular weight is 437 g/mol. The topological polar surface area (TPSA) is 17.1 Å². The molecule has 0 aromatic heterocycles. The number of halogens is 2. The van der Waals surface area contributed by atoms with Crippen LogP contribution in [-0.4, -0.2) is 0 Å². The second-order valence-corrected chi connectivity index (χ2v) is 11.0. The maximum atomic E-state index is 15.1. The number of benzene rings is 3. The van der Waals surface area contributed by atoms with Gasteiger partial charge >= 0.3 is 0 Å². The molecule has 1 fully saturated rings. The summed E-state index contributed by atoms with van der Waals surface area (Å²) in [5, 5.41) is 4.22. The van der Waals surface area contributed by atoms with Gasteiger partial charge < -0.3 is 4.57 Å². The van der Waals surface area contributed by atoms with Crippen molar-refractivity contribution in [1.82, 2.24) is 0 Å². The number of fused-ring (bicyclic) bond motifs is 1. The summed E-state index contributed by atoms with van der Waals surface area (Å²) >= 11 is 12.3. The first-order valence-corrected chi connectivity index (χ1v) is 12.2. The third kappa shape index (κ3) is 3.04. The Morgan fingerprint density at radius 2 is 1.07 bits per heavy atom. The van der Waals surface area contributed by atoms with Crippen molar-refractivity contribution in [3.05, 3.63) is 111 Å². The van der Waals surface area contributed by atoms with E-state index in [1.54, 1.807) is 0 Å². The van der Waals surface area contributed by atoms with Crippen LogP contribution in [0.2, 0.25) is 10.0 Å². The Morgan fingerprint density at radius 3 is 1.52 bits per heavy atom. The van der Waals surface area contributed by atoms with Crippen molar-refractivity contribution in [2.24, 2.45) is 0 Å². The van der Waals surface area contributed by atoms with Gasteiger partial charge in [-0.25, -0.2) is 0 Å². The normalized spacial score (nSPS) is 17.7. The van der Waals surface area contributed by atoms with E-state index in [-0.39, 0.29) is 0 Å². The lowest BCUT2D eigenvalue weighted by atomic mass is 10.0. The number of rotatable bonds is 3. The molecule has 2 aliphatic rings. The molecule has 29 heavy (non-hydrogen) atoms. The van der Waals surface area contributed by atoms with Crippen LogP contribution >= 0.6 is 30.3 Å². The summed E-state index contributed by atoms with van der Waals surface area (Å²) in [6.45, 7) is 0. The van der Waals surface area contributed by atoms with Gasteiger partial charge in [-0.15, -0.1) is 0 Å². The summed E-state index contributed by atoms with van der Waals surface area (Å²) < 4.78 is 15.1. The number of hydrogen-bond acceptors (Lipinski definition) is 1. The fraction of sp³-hybridized carbons (Fsp3) is 0.120. The standard InChI is InChI=1S/C25H19Cl2OP/c26-19-13-9-17(10-14-19)24-22-7-4-8-23(22)25(18-11-15-20(27)16-12-18)29(24,28)21-5-2-1-3-6-21/h1-3,5-6,9-16H,4,7-8H2. The molecule has 1 aliphatic carbocycles. The third-order valence-electron chi connectivity index (χ3n) is 5.77. The second kappa shape index (κ2) is 7.33. The van der Waals surface area contributed by atoms with Crippen LogP contribution in [0.1, 0.15) is 30.4 Å². The van der Waals surface area contributed by atoms with Crippen molar-refractivity contribution < 1.29 is 4.57 Å². The first-order valence-electron chi connectivity index (χ1n) is 9.74. The van der Waals surface area contributed by atoms with Gasteiger partial charge in [0.15, 0.2) is 7.14 Å². The predicted molar refractivity (Wildman–Crippen MR) is 124 cm³/mol. The molecule has 1 aliphatic heterocycles. The Morgan fingerprint density at radius 1 is 0.621 bits per heavy atom. The first kappa shape index (κ1) is 18.9. The van der Waals surface area contributed by atoms with Crippen LogP contribution in [-0.2, 0) is 4.57 Å². The van der Waals surface area contributed by atoms with Crippen molar-refractivity contribution in [3.8, 4) is 0 Å². The molecule has 5 rings (SSSR count). The van der Waals surface area contributed by atoms with Crippen molar-refractivity contribution in [2.75, 3.05) is 0 Å². The fourth-order valence-electron chi connectivity index (χ4n) is 4.58. The monoisotopic (exact) mass is 436 g/mol. The molecule has 4 heteroatoms. The van der Waals surface area contributed by atoms with E-state index in [1.807, 2.05) is 78.9 Å². The molecule has 0 amide bonds. The van der Waals surface area contributed by atoms with Crippen LogP contribution in [0.25, 0.3) is 10.6 Å². The molecule has 1 saturated carbocycles. The van der Waals surface area contributed by atoms with Crippen LogP contribution in [0.5, 0.6) is 0 Å². The van der Waals surface area contributed by atoms with Gasteiger partial charge in [-0.3, -0.25) is 0 Å². The number of allylic oxidation sites excluding steroid dienone is 2. The Hall–Kier alpha value is -2.05. The summed E-state index contributed by atoms with van der Waals surface area (Å²) in [5.41, 5.74) is 4.51. The molecule has 0 atom stereocenters. The van der Waals surface area contributed by atoms with Gasteiger partial charge in [-0.05, 0) is 65.8 Å².